The summed E-state index contributed by atoms with van der Waals surface area (Å²) in [6, 6.07) is 0. The van der Waals surface area contributed by atoms with Gasteiger partial charge in [-0.05, 0) is 6.92 Å². The van der Waals surface area contributed by atoms with Crippen molar-refractivity contribution in [3.05, 3.63) is 30.9 Å². The zero-order chi connectivity index (χ0) is 7.40. The predicted octanol–water partition coefficient (Wildman–Crippen LogP) is 0.917. The van der Waals surface area contributed by atoms with E-state index in [0.29, 0.717) is 0 Å². The molecule has 1 unspecified atom stereocenters. The summed E-state index contributed by atoms with van der Waals surface area (Å²) in [6.07, 6.45) is 9.00. The van der Waals surface area contributed by atoms with Gasteiger partial charge in [-0.3, -0.25) is 0 Å². The summed E-state index contributed by atoms with van der Waals surface area (Å²) in [7, 11) is 0. The lowest BCUT2D eigenvalue weighted by atomic mass is 10.4. The SMILES string of the molecule is C/C=C\C(N)n1ccnc1. The van der Waals surface area contributed by atoms with Gasteiger partial charge >= 0.3 is 0 Å². The second-order valence-electron chi connectivity index (χ2n) is 2.03. The Labute approximate surface area is 60.2 Å². The summed E-state index contributed by atoms with van der Waals surface area (Å²) in [5, 5.41) is 0. The van der Waals surface area contributed by atoms with Crippen LogP contribution in [0.15, 0.2) is 30.9 Å². The van der Waals surface area contributed by atoms with Gasteiger partial charge in [-0.1, -0.05) is 12.2 Å². The van der Waals surface area contributed by atoms with Crippen molar-refractivity contribution in [1.29, 1.82) is 0 Å². The fourth-order valence-electron chi connectivity index (χ4n) is 0.742. The average molecular weight is 137 g/mol. The molecular formula is C7H11N3. The van der Waals surface area contributed by atoms with Crippen LogP contribution in [0.4, 0.5) is 0 Å². The first-order chi connectivity index (χ1) is 4.84. The Morgan fingerprint density at radius 2 is 2.50 bits per heavy atom. The summed E-state index contributed by atoms with van der Waals surface area (Å²) in [5.41, 5.74) is 5.69. The van der Waals surface area contributed by atoms with Crippen molar-refractivity contribution >= 4 is 0 Å². The smallest absolute Gasteiger partial charge is 0.101 e. The van der Waals surface area contributed by atoms with Crippen LogP contribution < -0.4 is 5.73 Å². The number of aromatic nitrogens is 2. The third kappa shape index (κ3) is 1.45. The molecule has 0 radical (unpaired) electrons. The van der Waals surface area contributed by atoms with Gasteiger partial charge < -0.3 is 10.3 Å². The Balaban J connectivity index is 2.67. The van der Waals surface area contributed by atoms with Gasteiger partial charge in [0.05, 0.1) is 6.33 Å². The monoisotopic (exact) mass is 137 g/mol. The lowest BCUT2D eigenvalue weighted by Crippen LogP contribution is -2.13. The highest BCUT2D eigenvalue weighted by Crippen LogP contribution is 1.97. The van der Waals surface area contributed by atoms with Crippen molar-refractivity contribution in [2.45, 2.75) is 13.1 Å². The number of rotatable bonds is 2. The molecule has 10 heavy (non-hydrogen) atoms. The highest BCUT2D eigenvalue weighted by molar-refractivity contribution is 4.90. The normalized spacial score (nSPS) is 14.2. The number of nitrogens with zero attached hydrogens (tertiary/aromatic N) is 2. The zero-order valence-corrected chi connectivity index (χ0v) is 5.94. The van der Waals surface area contributed by atoms with Crippen LogP contribution in [0.5, 0.6) is 0 Å². The first-order valence-electron chi connectivity index (χ1n) is 3.20. The van der Waals surface area contributed by atoms with Gasteiger partial charge in [-0.2, -0.15) is 0 Å². The number of hydrogen-bond acceptors (Lipinski definition) is 2. The molecule has 2 N–H and O–H groups in total. The quantitative estimate of drug-likeness (QED) is 0.616. The van der Waals surface area contributed by atoms with Gasteiger partial charge in [0.25, 0.3) is 0 Å². The standard InChI is InChI=1S/C7H11N3/c1-2-3-7(8)10-5-4-9-6-10/h2-7H,8H2,1H3/b3-2-. The highest BCUT2D eigenvalue weighted by atomic mass is 15.1. The second-order valence-corrected chi connectivity index (χ2v) is 2.03. The molecule has 0 spiro atoms. The topological polar surface area (TPSA) is 43.8 Å². The molecule has 0 aliphatic rings. The Morgan fingerprint density at radius 1 is 1.70 bits per heavy atom. The van der Waals surface area contributed by atoms with Crippen molar-refractivity contribution in [3.8, 4) is 0 Å². The van der Waals surface area contributed by atoms with Gasteiger partial charge in [0.1, 0.15) is 6.17 Å². The van der Waals surface area contributed by atoms with E-state index in [1.807, 2.05) is 29.8 Å². The van der Waals surface area contributed by atoms with E-state index in [1.165, 1.54) is 0 Å². The number of nitrogens with two attached hydrogens (primary N) is 1. The maximum atomic E-state index is 5.69. The maximum Gasteiger partial charge on any atom is 0.101 e. The molecule has 1 aromatic heterocycles. The Bertz CT molecular complexity index is 201. The van der Waals surface area contributed by atoms with E-state index >= 15 is 0 Å². The maximum absolute atomic E-state index is 5.69. The molecule has 3 heteroatoms. The Hall–Kier alpha value is -1.09. The zero-order valence-electron chi connectivity index (χ0n) is 5.94. The first-order valence-corrected chi connectivity index (χ1v) is 3.20. The molecule has 1 aromatic rings. The fourth-order valence-corrected chi connectivity index (χ4v) is 0.742. The van der Waals surface area contributed by atoms with Crippen molar-refractivity contribution in [3.63, 3.8) is 0 Å². The van der Waals surface area contributed by atoms with Gasteiger partial charge in [0, 0.05) is 12.4 Å². The predicted molar refractivity (Wildman–Crippen MR) is 40.3 cm³/mol. The molecule has 0 fully saturated rings. The minimum Gasteiger partial charge on any atom is -0.318 e. The summed E-state index contributed by atoms with van der Waals surface area (Å²) >= 11 is 0. The van der Waals surface area contributed by atoms with Crippen LogP contribution in [0.1, 0.15) is 13.1 Å². The van der Waals surface area contributed by atoms with Crippen LogP contribution in [-0.4, -0.2) is 9.55 Å². The van der Waals surface area contributed by atoms with Crippen LogP contribution in [0.25, 0.3) is 0 Å². The lowest BCUT2D eigenvalue weighted by molar-refractivity contribution is 0.629. The minimum absolute atomic E-state index is 0.0764. The Morgan fingerprint density at radius 3 is 3.00 bits per heavy atom. The van der Waals surface area contributed by atoms with Crippen LogP contribution in [-0.2, 0) is 0 Å². The van der Waals surface area contributed by atoms with Crippen molar-refractivity contribution in [2.75, 3.05) is 0 Å². The molecule has 1 heterocycles. The van der Waals surface area contributed by atoms with Crippen LogP contribution >= 0.6 is 0 Å². The molecule has 1 rings (SSSR count). The molecule has 1 atom stereocenters. The van der Waals surface area contributed by atoms with Crippen molar-refractivity contribution in [2.24, 2.45) is 5.73 Å². The number of hydrogen-bond donors (Lipinski definition) is 1. The van der Waals surface area contributed by atoms with Gasteiger partial charge in [-0.15, -0.1) is 0 Å². The van der Waals surface area contributed by atoms with E-state index in [9.17, 15) is 0 Å². The van der Waals surface area contributed by atoms with E-state index in [-0.39, 0.29) is 6.17 Å². The molecule has 0 saturated heterocycles. The second kappa shape index (κ2) is 3.17. The fraction of sp³-hybridized carbons (Fsp3) is 0.286. The van der Waals surface area contributed by atoms with E-state index in [2.05, 4.69) is 4.98 Å². The molecule has 0 bridgehead atoms. The van der Waals surface area contributed by atoms with E-state index in [1.54, 1.807) is 12.5 Å². The summed E-state index contributed by atoms with van der Waals surface area (Å²) in [6.45, 7) is 1.94. The minimum atomic E-state index is -0.0764. The average Bonchev–Trinajstić information content (AvgIpc) is 2.38. The molecular weight excluding hydrogens is 126 g/mol. The van der Waals surface area contributed by atoms with Gasteiger partial charge in [0.15, 0.2) is 0 Å². The van der Waals surface area contributed by atoms with Crippen molar-refractivity contribution < 1.29 is 0 Å². The summed E-state index contributed by atoms with van der Waals surface area (Å²) < 4.78 is 1.83. The molecule has 0 saturated carbocycles. The van der Waals surface area contributed by atoms with E-state index in [0.717, 1.165) is 0 Å². The molecule has 0 amide bonds. The summed E-state index contributed by atoms with van der Waals surface area (Å²) in [5.74, 6) is 0. The Kier molecular flexibility index (Phi) is 2.23. The lowest BCUT2D eigenvalue weighted by Gasteiger charge is -2.05. The van der Waals surface area contributed by atoms with Gasteiger partial charge in [-0.25, -0.2) is 4.98 Å². The first kappa shape index (κ1) is 7.02. The van der Waals surface area contributed by atoms with Crippen LogP contribution in [0.2, 0.25) is 0 Å². The van der Waals surface area contributed by atoms with Crippen LogP contribution in [0, 0.1) is 0 Å². The van der Waals surface area contributed by atoms with E-state index in [4.69, 9.17) is 5.73 Å². The third-order valence-electron chi connectivity index (χ3n) is 1.26. The molecule has 0 aliphatic carbocycles. The van der Waals surface area contributed by atoms with Crippen molar-refractivity contribution in [1.82, 2.24) is 9.55 Å². The third-order valence-corrected chi connectivity index (χ3v) is 1.26. The molecule has 3 nitrogen and oxygen atoms in total. The summed E-state index contributed by atoms with van der Waals surface area (Å²) in [4.78, 5) is 3.87. The van der Waals surface area contributed by atoms with Crippen LogP contribution in [0.3, 0.4) is 0 Å². The number of imidazole rings is 1. The molecule has 54 valence electrons. The molecule has 0 aromatic carbocycles. The van der Waals surface area contributed by atoms with E-state index < -0.39 is 0 Å². The number of allylic oxidation sites excluding steroid dienone is 1. The largest absolute Gasteiger partial charge is 0.318 e. The highest BCUT2D eigenvalue weighted by Gasteiger charge is 1.95. The molecule has 0 aliphatic heterocycles. The van der Waals surface area contributed by atoms with Gasteiger partial charge in [0.2, 0.25) is 0 Å².